The van der Waals surface area contributed by atoms with Gasteiger partial charge in [0.05, 0.1) is 18.4 Å². The van der Waals surface area contributed by atoms with E-state index < -0.39 is 0 Å². The molecular formula is C19H27N5O2S2. The SMILES string of the molecule is CN(Cc1ccsc1)C(=O)CSc1nnc(N2CCCC2)n1C[C@H]1CCCO1. The molecule has 28 heavy (non-hydrogen) atoms. The zero-order valence-electron chi connectivity index (χ0n) is 16.2. The topological polar surface area (TPSA) is 63.5 Å². The minimum absolute atomic E-state index is 0.102. The highest BCUT2D eigenvalue weighted by Crippen LogP contribution is 2.27. The van der Waals surface area contributed by atoms with E-state index >= 15 is 0 Å². The number of thioether (sulfide) groups is 1. The summed E-state index contributed by atoms with van der Waals surface area (Å²) in [5.74, 6) is 1.39. The van der Waals surface area contributed by atoms with Gasteiger partial charge in [-0.05, 0) is 48.1 Å². The fraction of sp³-hybridized carbons (Fsp3) is 0.632. The number of anilines is 1. The fourth-order valence-electron chi connectivity index (χ4n) is 3.67. The van der Waals surface area contributed by atoms with Crippen LogP contribution in [0, 0.1) is 0 Å². The molecule has 152 valence electrons. The van der Waals surface area contributed by atoms with Crippen LogP contribution >= 0.6 is 23.1 Å². The average molecular weight is 422 g/mol. The molecule has 4 rings (SSSR count). The Labute approximate surface area is 174 Å². The Morgan fingerprint density at radius 1 is 1.36 bits per heavy atom. The van der Waals surface area contributed by atoms with Gasteiger partial charge in [-0.15, -0.1) is 10.2 Å². The Morgan fingerprint density at radius 3 is 2.93 bits per heavy atom. The first-order chi connectivity index (χ1) is 13.7. The van der Waals surface area contributed by atoms with Gasteiger partial charge in [-0.3, -0.25) is 9.36 Å². The van der Waals surface area contributed by atoms with E-state index in [1.165, 1.54) is 30.2 Å². The fourth-order valence-corrected chi connectivity index (χ4v) is 5.22. The van der Waals surface area contributed by atoms with Crippen molar-refractivity contribution < 1.29 is 9.53 Å². The zero-order chi connectivity index (χ0) is 19.3. The molecule has 1 amide bonds. The molecule has 7 nitrogen and oxygen atoms in total. The lowest BCUT2D eigenvalue weighted by atomic mass is 10.2. The van der Waals surface area contributed by atoms with Gasteiger partial charge in [0, 0.05) is 33.3 Å². The van der Waals surface area contributed by atoms with Crippen LogP contribution in [0.4, 0.5) is 5.95 Å². The molecule has 2 aliphatic heterocycles. The number of nitrogens with zero attached hydrogens (tertiary/aromatic N) is 5. The highest BCUT2D eigenvalue weighted by atomic mass is 32.2. The normalized spacial score (nSPS) is 19.5. The number of amides is 1. The van der Waals surface area contributed by atoms with Gasteiger partial charge in [0.1, 0.15) is 0 Å². The van der Waals surface area contributed by atoms with E-state index in [4.69, 9.17) is 4.74 Å². The summed E-state index contributed by atoms with van der Waals surface area (Å²) < 4.78 is 8.01. The number of carbonyl (C=O) groups excluding carboxylic acids is 1. The van der Waals surface area contributed by atoms with Gasteiger partial charge in [0.15, 0.2) is 5.16 Å². The molecular weight excluding hydrogens is 394 g/mol. The third-order valence-electron chi connectivity index (χ3n) is 5.25. The molecule has 2 saturated heterocycles. The van der Waals surface area contributed by atoms with Crippen LogP contribution in [0.1, 0.15) is 31.2 Å². The summed E-state index contributed by atoms with van der Waals surface area (Å²) in [6.45, 7) is 4.29. The first-order valence-corrected chi connectivity index (χ1v) is 11.8. The van der Waals surface area contributed by atoms with Crippen molar-refractivity contribution in [2.24, 2.45) is 0 Å². The molecule has 2 aromatic rings. The quantitative estimate of drug-likeness (QED) is 0.611. The van der Waals surface area contributed by atoms with Crippen LogP contribution in [0.5, 0.6) is 0 Å². The highest BCUT2D eigenvalue weighted by Gasteiger charge is 2.25. The van der Waals surface area contributed by atoms with Crippen molar-refractivity contribution in [2.75, 3.05) is 37.4 Å². The van der Waals surface area contributed by atoms with E-state index in [1.54, 1.807) is 16.2 Å². The van der Waals surface area contributed by atoms with E-state index in [2.05, 4.69) is 31.1 Å². The lowest BCUT2D eigenvalue weighted by molar-refractivity contribution is -0.127. The van der Waals surface area contributed by atoms with E-state index in [0.29, 0.717) is 12.3 Å². The Morgan fingerprint density at radius 2 is 2.21 bits per heavy atom. The average Bonchev–Trinajstić information content (AvgIpc) is 3.47. The molecule has 0 spiro atoms. The van der Waals surface area contributed by atoms with E-state index in [-0.39, 0.29) is 12.0 Å². The van der Waals surface area contributed by atoms with Crippen LogP contribution in [0.25, 0.3) is 0 Å². The predicted molar refractivity (Wildman–Crippen MR) is 112 cm³/mol. The van der Waals surface area contributed by atoms with Gasteiger partial charge in [-0.25, -0.2) is 0 Å². The van der Waals surface area contributed by atoms with Crippen LogP contribution in [0.2, 0.25) is 0 Å². The first-order valence-electron chi connectivity index (χ1n) is 9.88. The molecule has 0 unspecified atom stereocenters. The Kier molecular flexibility index (Phi) is 6.54. The summed E-state index contributed by atoms with van der Waals surface area (Å²) in [5, 5.41) is 13.8. The van der Waals surface area contributed by atoms with Crippen LogP contribution in [-0.4, -0.2) is 64.2 Å². The molecule has 1 atom stereocenters. The molecule has 0 aromatic carbocycles. The summed E-state index contributed by atoms with van der Waals surface area (Å²) >= 11 is 3.13. The van der Waals surface area contributed by atoms with Crippen LogP contribution in [-0.2, 0) is 22.6 Å². The minimum atomic E-state index is 0.102. The molecule has 0 radical (unpaired) electrons. The Balaban J connectivity index is 1.41. The summed E-state index contributed by atoms with van der Waals surface area (Å²) in [6.07, 6.45) is 4.79. The number of aromatic nitrogens is 3. The maximum absolute atomic E-state index is 12.6. The van der Waals surface area contributed by atoms with Gasteiger partial charge < -0.3 is 14.5 Å². The van der Waals surface area contributed by atoms with E-state index in [0.717, 1.165) is 50.2 Å². The number of rotatable bonds is 8. The van der Waals surface area contributed by atoms with Crippen molar-refractivity contribution in [1.82, 2.24) is 19.7 Å². The van der Waals surface area contributed by atoms with Crippen molar-refractivity contribution in [3.05, 3.63) is 22.4 Å². The zero-order valence-corrected chi connectivity index (χ0v) is 17.9. The smallest absolute Gasteiger partial charge is 0.233 e. The van der Waals surface area contributed by atoms with Gasteiger partial charge in [-0.2, -0.15) is 11.3 Å². The van der Waals surface area contributed by atoms with Crippen molar-refractivity contribution >= 4 is 35.0 Å². The first kappa shape index (κ1) is 19.7. The van der Waals surface area contributed by atoms with Gasteiger partial charge in [-0.1, -0.05) is 11.8 Å². The van der Waals surface area contributed by atoms with Crippen molar-refractivity contribution in [1.29, 1.82) is 0 Å². The number of carbonyl (C=O) groups is 1. The lowest BCUT2D eigenvalue weighted by Crippen LogP contribution is -2.28. The summed E-state index contributed by atoms with van der Waals surface area (Å²) in [4.78, 5) is 16.7. The molecule has 2 aromatic heterocycles. The van der Waals surface area contributed by atoms with Gasteiger partial charge >= 0.3 is 0 Å². The standard InChI is InChI=1S/C19H27N5O2S2/c1-22(11-15-6-10-27-13-15)17(25)14-28-19-21-20-18(23-7-2-3-8-23)24(19)12-16-5-4-9-26-16/h6,10,13,16H,2-5,7-9,11-12,14H2,1H3/t16-/m1/s1. The van der Waals surface area contributed by atoms with E-state index in [1.807, 2.05) is 12.4 Å². The molecule has 0 bridgehead atoms. The maximum Gasteiger partial charge on any atom is 0.233 e. The van der Waals surface area contributed by atoms with Gasteiger partial charge in [0.25, 0.3) is 0 Å². The monoisotopic (exact) mass is 421 g/mol. The van der Waals surface area contributed by atoms with Gasteiger partial charge in [0.2, 0.25) is 11.9 Å². The second-order valence-corrected chi connectivity index (χ2v) is 9.11. The third kappa shape index (κ3) is 4.69. The third-order valence-corrected chi connectivity index (χ3v) is 6.93. The second-order valence-electron chi connectivity index (χ2n) is 7.39. The summed E-state index contributed by atoms with van der Waals surface area (Å²) in [5.41, 5.74) is 1.17. The summed E-state index contributed by atoms with van der Waals surface area (Å²) in [6, 6.07) is 2.06. The molecule has 0 saturated carbocycles. The van der Waals surface area contributed by atoms with Crippen LogP contribution in [0.3, 0.4) is 0 Å². The Bertz CT molecular complexity index is 767. The minimum Gasteiger partial charge on any atom is -0.376 e. The molecule has 4 heterocycles. The largest absolute Gasteiger partial charge is 0.376 e. The summed E-state index contributed by atoms with van der Waals surface area (Å²) in [7, 11) is 1.85. The Hall–Kier alpha value is -1.58. The molecule has 0 aliphatic carbocycles. The molecule has 9 heteroatoms. The van der Waals surface area contributed by atoms with E-state index in [9.17, 15) is 4.79 Å². The lowest BCUT2D eigenvalue weighted by Gasteiger charge is -2.20. The predicted octanol–water partition coefficient (Wildman–Crippen LogP) is 2.87. The number of hydrogen-bond acceptors (Lipinski definition) is 7. The van der Waals surface area contributed by atoms with Crippen LogP contribution < -0.4 is 4.90 Å². The molecule has 2 aliphatic rings. The molecule has 0 N–H and O–H groups in total. The highest BCUT2D eigenvalue weighted by molar-refractivity contribution is 7.99. The van der Waals surface area contributed by atoms with Crippen molar-refractivity contribution in [3.8, 4) is 0 Å². The maximum atomic E-state index is 12.6. The number of hydrogen-bond donors (Lipinski definition) is 0. The van der Waals surface area contributed by atoms with Crippen molar-refractivity contribution in [3.63, 3.8) is 0 Å². The number of thiophene rings is 1. The van der Waals surface area contributed by atoms with Crippen molar-refractivity contribution in [2.45, 2.75) is 50.0 Å². The van der Waals surface area contributed by atoms with Crippen LogP contribution in [0.15, 0.2) is 22.0 Å². The molecule has 2 fully saturated rings. The number of ether oxygens (including phenoxy) is 1. The second kappa shape index (κ2) is 9.28.